The standard InChI is InChI=1S/C15H16O5/c16-10-3-1-9(2-4-10)5-11(17)6-13-14(19)7-12(18)8-15(13)20/h1-4,7-8,11,16-20H,5-6H2/t11-/m0/s1. The van der Waals surface area contributed by atoms with Gasteiger partial charge in [0.15, 0.2) is 0 Å². The molecule has 0 amide bonds. The summed E-state index contributed by atoms with van der Waals surface area (Å²) in [5, 5.41) is 47.7. The van der Waals surface area contributed by atoms with Crippen molar-refractivity contribution in [2.24, 2.45) is 0 Å². The van der Waals surface area contributed by atoms with E-state index in [0.29, 0.717) is 6.42 Å². The van der Waals surface area contributed by atoms with Crippen LogP contribution >= 0.6 is 0 Å². The molecule has 0 spiro atoms. The van der Waals surface area contributed by atoms with Gasteiger partial charge in [0.1, 0.15) is 23.0 Å². The van der Waals surface area contributed by atoms with E-state index in [4.69, 9.17) is 0 Å². The van der Waals surface area contributed by atoms with Gasteiger partial charge in [-0.15, -0.1) is 0 Å². The third kappa shape index (κ3) is 3.33. The van der Waals surface area contributed by atoms with E-state index in [1.807, 2.05) is 0 Å². The second kappa shape index (κ2) is 5.71. The van der Waals surface area contributed by atoms with Gasteiger partial charge in [-0.05, 0) is 24.1 Å². The molecule has 1 atom stereocenters. The molecule has 0 bridgehead atoms. The summed E-state index contributed by atoms with van der Waals surface area (Å²) < 4.78 is 0. The first-order valence-corrected chi connectivity index (χ1v) is 6.15. The topological polar surface area (TPSA) is 101 Å². The van der Waals surface area contributed by atoms with E-state index in [9.17, 15) is 25.5 Å². The first-order valence-electron chi connectivity index (χ1n) is 6.15. The van der Waals surface area contributed by atoms with Gasteiger partial charge in [-0.3, -0.25) is 0 Å². The molecule has 0 fully saturated rings. The van der Waals surface area contributed by atoms with Gasteiger partial charge in [0.2, 0.25) is 0 Å². The van der Waals surface area contributed by atoms with Gasteiger partial charge in [-0.2, -0.15) is 0 Å². The van der Waals surface area contributed by atoms with Crippen LogP contribution in [0.5, 0.6) is 23.0 Å². The maximum Gasteiger partial charge on any atom is 0.126 e. The van der Waals surface area contributed by atoms with Gasteiger partial charge in [0.25, 0.3) is 0 Å². The maximum absolute atomic E-state index is 10.00. The van der Waals surface area contributed by atoms with E-state index in [1.165, 1.54) is 12.1 Å². The van der Waals surface area contributed by atoms with Crippen molar-refractivity contribution < 1.29 is 25.5 Å². The molecule has 0 heterocycles. The largest absolute Gasteiger partial charge is 0.508 e. The highest BCUT2D eigenvalue weighted by atomic mass is 16.3. The first-order chi connectivity index (χ1) is 9.45. The fourth-order valence-corrected chi connectivity index (χ4v) is 2.05. The number of phenols is 4. The Hall–Kier alpha value is -2.40. The van der Waals surface area contributed by atoms with Crippen LogP contribution in [-0.2, 0) is 12.8 Å². The number of aliphatic hydroxyl groups is 1. The normalized spacial score (nSPS) is 12.2. The van der Waals surface area contributed by atoms with Crippen molar-refractivity contribution in [1.29, 1.82) is 0 Å². The first kappa shape index (κ1) is 14.0. The van der Waals surface area contributed by atoms with Gasteiger partial charge in [0.05, 0.1) is 6.10 Å². The highest BCUT2D eigenvalue weighted by Crippen LogP contribution is 2.33. The van der Waals surface area contributed by atoms with E-state index >= 15 is 0 Å². The second-order valence-corrected chi connectivity index (χ2v) is 4.69. The van der Waals surface area contributed by atoms with Gasteiger partial charge >= 0.3 is 0 Å². The van der Waals surface area contributed by atoms with E-state index in [-0.39, 0.29) is 35.0 Å². The number of hydrogen-bond donors (Lipinski definition) is 5. The predicted octanol–water partition coefficient (Wildman–Crippen LogP) is 1.66. The Morgan fingerprint density at radius 3 is 1.85 bits per heavy atom. The maximum atomic E-state index is 10.00. The Labute approximate surface area is 116 Å². The zero-order valence-corrected chi connectivity index (χ0v) is 10.7. The van der Waals surface area contributed by atoms with Crippen molar-refractivity contribution >= 4 is 0 Å². The number of rotatable bonds is 4. The smallest absolute Gasteiger partial charge is 0.126 e. The molecular weight excluding hydrogens is 260 g/mol. The molecule has 0 aliphatic rings. The van der Waals surface area contributed by atoms with Gasteiger partial charge in [0, 0.05) is 24.1 Å². The average molecular weight is 276 g/mol. The van der Waals surface area contributed by atoms with Crippen LogP contribution in [0, 0.1) is 0 Å². The van der Waals surface area contributed by atoms with E-state index in [1.54, 1.807) is 12.1 Å². The molecule has 0 radical (unpaired) electrons. The van der Waals surface area contributed by atoms with Crippen molar-refractivity contribution in [3.05, 3.63) is 47.5 Å². The van der Waals surface area contributed by atoms with E-state index in [2.05, 4.69) is 0 Å². The quantitative estimate of drug-likeness (QED) is 0.584. The van der Waals surface area contributed by atoms with Gasteiger partial charge in [-0.1, -0.05) is 12.1 Å². The molecule has 0 saturated carbocycles. The Balaban J connectivity index is 2.08. The minimum Gasteiger partial charge on any atom is -0.508 e. The molecular formula is C15H16O5. The van der Waals surface area contributed by atoms with Crippen molar-refractivity contribution in [1.82, 2.24) is 0 Å². The summed E-state index contributed by atoms with van der Waals surface area (Å²) in [5.74, 6) is -0.603. The van der Waals surface area contributed by atoms with Gasteiger partial charge < -0.3 is 25.5 Å². The number of hydrogen-bond acceptors (Lipinski definition) is 5. The van der Waals surface area contributed by atoms with Crippen LogP contribution in [0.25, 0.3) is 0 Å². The van der Waals surface area contributed by atoms with Crippen molar-refractivity contribution in [3.8, 4) is 23.0 Å². The summed E-state index contributed by atoms with van der Waals surface area (Å²) in [4.78, 5) is 0. The summed E-state index contributed by atoms with van der Waals surface area (Å²) in [6, 6.07) is 8.66. The van der Waals surface area contributed by atoms with Crippen LogP contribution in [0.4, 0.5) is 0 Å². The summed E-state index contributed by atoms with van der Waals surface area (Å²) in [6.07, 6.45) is -0.431. The molecule has 106 valence electrons. The van der Waals surface area contributed by atoms with Crippen LogP contribution in [0.2, 0.25) is 0 Å². The molecule has 2 aromatic rings. The summed E-state index contributed by atoms with van der Waals surface area (Å²) in [5.41, 5.74) is 1.02. The fourth-order valence-electron chi connectivity index (χ4n) is 2.05. The Bertz CT molecular complexity index is 569. The fraction of sp³-hybridized carbons (Fsp3) is 0.200. The summed E-state index contributed by atoms with van der Waals surface area (Å²) in [7, 11) is 0. The van der Waals surface area contributed by atoms with Crippen LogP contribution < -0.4 is 0 Å². The summed E-state index contributed by atoms with van der Waals surface area (Å²) in [6.45, 7) is 0. The van der Waals surface area contributed by atoms with Crippen LogP contribution in [-0.4, -0.2) is 31.6 Å². The van der Waals surface area contributed by atoms with Crippen LogP contribution in [0.3, 0.4) is 0 Å². The minimum absolute atomic E-state index is 0.0544. The second-order valence-electron chi connectivity index (χ2n) is 4.69. The Kier molecular flexibility index (Phi) is 4.00. The lowest BCUT2D eigenvalue weighted by Crippen LogP contribution is -2.14. The van der Waals surface area contributed by atoms with Gasteiger partial charge in [-0.25, -0.2) is 0 Å². The molecule has 0 aliphatic carbocycles. The van der Waals surface area contributed by atoms with Crippen LogP contribution in [0.15, 0.2) is 36.4 Å². The Morgan fingerprint density at radius 1 is 0.750 bits per heavy atom. The molecule has 5 N–H and O–H groups in total. The number of aromatic hydroxyl groups is 4. The van der Waals surface area contributed by atoms with Crippen LogP contribution in [0.1, 0.15) is 11.1 Å². The zero-order valence-electron chi connectivity index (χ0n) is 10.7. The monoisotopic (exact) mass is 276 g/mol. The molecule has 0 aromatic heterocycles. The highest BCUT2D eigenvalue weighted by Gasteiger charge is 2.15. The lowest BCUT2D eigenvalue weighted by atomic mass is 10.00. The molecule has 5 heteroatoms. The number of benzene rings is 2. The lowest BCUT2D eigenvalue weighted by molar-refractivity contribution is 0.173. The Morgan fingerprint density at radius 2 is 1.30 bits per heavy atom. The molecule has 0 unspecified atom stereocenters. The van der Waals surface area contributed by atoms with E-state index < -0.39 is 6.10 Å². The third-order valence-corrected chi connectivity index (χ3v) is 3.03. The predicted molar refractivity (Wildman–Crippen MR) is 73.0 cm³/mol. The molecule has 2 aromatic carbocycles. The highest BCUT2D eigenvalue weighted by molar-refractivity contribution is 5.49. The lowest BCUT2D eigenvalue weighted by Gasteiger charge is -2.13. The zero-order chi connectivity index (χ0) is 14.7. The average Bonchev–Trinajstić information content (AvgIpc) is 2.36. The molecule has 2 rings (SSSR count). The minimum atomic E-state index is -0.805. The summed E-state index contributed by atoms with van der Waals surface area (Å²) >= 11 is 0. The van der Waals surface area contributed by atoms with Crippen molar-refractivity contribution in [2.45, 2.75) is 18.9 Å². The molecule has 0 aliphatic heterocycles. The van der Waals surface area contributed by atoms with Crippen molar-refractivity contribution in [3.63, 3.8) is 0 Å². The van der Waals surface area contributed by atoms with Crippen molar-refractivity contribution in [2.75, 3.05) is 0 Å². The number of phenolic OH excluding ortho intramolecular Hbond substituents is 4. The molecule has 0 saturated heterocycles. The molecule has 20 heavy (non-hydrogen) atoms. The molecule has 5 nitrogen and oxygen atoms in total. The third-order valence-electron chi connectivity index (χ3n) is 3.03. The van der Waals surface area contributed by atoms with E-state index in [0.717, 1.165) is 17.7 Å². The SMILES string of the molecule is Oc1ccc(C[C@H](O)Cc2c(O)cc(O)cc2O)cc1. The number of aliphatic hydroxyl groups excluding tert-OH is 1.